The van der Waals surface area contributed by atoms with Crippen LogP contribution in [0.15, 0.2) is 36.0 Å². The molecule has 7 nitrogen and oxygen atoms in total. The van der Waals surface area contributed by atoms with Crippen molar-refractivity contribution in [1.29, 1.82) is 5.26 Å². The van der Waals surface area contributed by atoms with Crippen LogP contribution in [0.25, 0.3) is 0 Å². The lowest BCUT2D eigenvalue weighted by Gasteiger charge is -2.35. The third-order valence-corrected chi connectivity index (χ3v) is 4.47. The molecule has 1 aromatic carbocycles. The number of ether oxygens (including phenoxy) is 1. The van der Waals surface area contributed by atoms with Gasteiger partial charge in [-0.25, -0.2) is 4.79 Å². The summed E-state index contributed by atoms with van der Waals surface area (Å²) in [5.41, 5.74) is 1.23. The van der Waals surface area contributed by atoms with E-state index in [1.54, 1.807) is 11.1 Å². The molecule has 0 aromatic heterocycles. The van der Waals surface area contributed by atoms with Gasteiger partial charge in [0.1, 0.15) is 17.2 Å². The van der Waals surface area contributed by atoms with Crippen LogP contribution in [0.1, 0.15) is 46.1 Å². The number of anilines is 1. The van der Waals surface area contributed by atoms with Gasteiger partial charge in [0.25, 0.3) is 5.91 Å². The predicted molar refractivity (Wildman–Crippen MR) is 112 cm³/mol. The molecule has 1 saturated heterocycles. The molecule has 1 fully saturated rings. The number of benzene rings is 1. The zero-order valence-electron chi connectivity index (χ0n) is 17.9. The Morgan fingerprint density at radius 2 is 1.79 bits per heavy atom. The third kappa shape index (κ3) is 6.53. The van der Waals surface area contributed by atoms with Gasteiger partial charge in [-0.2, -0.15) is 5.26 Å². The van der Waals surface area contributed by atoms with E-state index in [1.807, 2.05) is 56.0 Å². The second-order valence-corrected chi connectivity index (χ2v) is 8.35. The second kappa shape index (κ2) is 9.46. The Hall–Kier alpha value is -3.01. The Labute approximate surface area is 172 Å². The zero-order chi connectivity index (χ0) is 21.6. The monoisotopic (exact) mass is 398 g/mol. The first kappa shape index (κ1) is 22.3. The van der Waals surface area contributed by atoms with E-state index in [9.17, 15) is 14.9 Å². The van der Waals surface area contributed by atoms with Crippen molar-refractivity contribution in [3.63, 3.8) is 0 Å². The van der Waals surface area contributed by atoms with Gasteiger partial charge < -0.3 is 19.9 Å². The van der Waals surface area contributed by atoms with E-state index in [-0.39, 0.29) is 17.6 Å². The van der Waals surface area contributed by atoms with Gasteiger partial charge in [0, 0.05) is 38.1 Å². The molecule has 1 N–H and O–H groups in total. The number of para-hydroxylation sites is 1. The quantitative estimate of drug-likeness (QED) is 0.617. The normalized spacial score (nSPS) is 15.1. The topological polar surface area (TPSA) is 85.7 Å². The van der Waals surface area contributed by atoms with Crippen molar-refractivity contribution in [3.05, 3.63) is 41.6 Å². The molecule has 0 unspecified atom stereocenters. The summed E-state index contributed by atoms with van der Waals surface area (Å²) < 4.78 is 5.39. The maximum absolute atomic E-state index is 12.6. The highest BCUT2D eigenvalue weighted by Gasteiger charge is 2.25. The molecule has 0 atom stereocenters. The van der Waals surface area contributed by atoms with E-state index >= 15 is 0 Å². The van der Waals surface area contributed by atoms with Gasteiger partial charge >= 0.3 is 6.09 Å². The maximum atomic E-state index is 12.6. The molecule has 1 aromatic rings. The van der Waals surface area contributed by atoms with Gasteiger partial charge in [-0.1, -0.05) is 32.0 Å². The fourth-order valence-corrected chi connectivity index (χ4v) is 2.98. The van der Waals surface area contributed by atoms with Crippen molar-refractivity contribution in [3.8, 4) is 6.07 Å². The summed E-state index contributed by atoms with van der Waals surface area (Å²) in [6.45, 7) is 11.6. The summed E-state index contributed by atoms with van der Waals surface area (Å²) in [5, 5.41) is 12.3. The molecule has 2 rings (SSSR count). The fourth-order valence-electron chi connectivity index (χ4n) is 2.98. The largest absolute Gasteiger partial charge is 0.444 e. The lowest BCUT2D eigenvalue weighted by Crippen LogP contribution is -2.48. The summed E-state index contributed by atoms with van der Waals surface area (Å²) >= 11 is 0. The van der Waals surface area contributed by atoms with Crippen molar-refractivity contribution in [2.45, 2.75) is 46.1 Å². The minimum absolute atomic E-state index is 0.0364. The number of nitrogens with one attached hydrogen (secondary N) is 1. The van der Waals surface area contributed by atoms with Gasteiger partial charge in [0.05, 0.1) is 0 Å². The number of hydrogen-bond donors (Lipinski definition) is 1. The molecular formula is C22H30N4O3. The smallest absolute Gasteiger partial charge is 0.410 e. The molecule has 156 valence electrons. The Bertz CT molecular complexity index is 810. The van der Waals surface area contributed by atoms with Crippen LogP contribution < -0.4 is 5.32 Å². The Balaban J connectivity index is 2.00. The Kier molecular flexibility index (Phi) is 7.27. The summed E-state index contributed by atoms with van der Waals surface area (Å²) in [6, 6.07) is 9.57. The van der Waals surface area contributed by atoms with Gasteiger partial charge in [-0.15, -0.1) is 0 Å². The SMILES string of the molecule is CC(C)c1ccccc1NC(=O)/C(C#N)=C\N1CCN(C(=O)OC(C)(C)C)CC1. The minimum Gasteiger partial charge on any atom is -0.444 e. The number of hydrogen-bond acceptors (Lipinski definition) is 5. The van der Waals surface area contributed by atoms with E-state index in [1.165, 1.54) is 0 Å². The highest BCUT2D eigenvalue weighted by Crippen LogP contribution is 2.24. The number of carbonyl (C=O) groups is 2. The van der Waals surface area contributed by atoms with E-state index < -0.39 is 11.5 Å². The molecule has 0 saturated carbocycles. The van der Waals surface area contributed by atoms with Crippen LogP contribution in [-0.4, -0.2) is 53.6 Å². The van der Waals surface area contributed by atoms with E-state index in [0.717, 1.165) is 5.56 Å². The number of carbonyl (C=O) groups excluding carboxylic acids is 2. The van der Waals surface area contributed by atoms with E-state index in [0.29, 0.717) is 31.9 Å². The third-order valence-electron chi connectivity index (χ3n) is 4.47. The van der Waals surface area contributed by atoms with Crippen LogP contribution in [0, 0.1) is 11.3 Å². The summed E-state index contributed by atoms with van der Waals surface area (Å²) in [7, 11) is 0. The summed E-state index contributed by atoms with van der Waals surface area (Å²) in [6.07, 6.45) is 1.23. The van der Waals surface area contributed by atoms with Crippen LogP contribution in [0.2, 0.25) is 0 Å². The standard InChI is InChI=1S/C22H30N4O3/c1-16(2)18-8-6-7-9-19(18)24-20(27)17(14-23)15-25-10-12-26(13-11-25)21(28)29-22(3,4)5/h6-9,15-16H,10-13H2,1-5H3,(H,24,27)/b17-15-. The van der Waals surface area contributed by atoms with Crippen molar-refractivity contribution < 1.29 is 14.3 Å². The van der Waals surface area contributed by atoms with Gasteiger partial charge in [-0.05, 0) is 38.3 Å². The van der Waals surface area contributed by atoms with E-state index in [4.69, 9.17) is 4.74 Å². The first-order valence-corrected chi connectivity index (χ1v) is 9.85. The molecular weight excluding hydrogens is 368 g/mol. The number of piperazine rings is 1. The number of nitriles is 1. The van der Waals surface area contributed by atoms with Crippen molar-refractivity contribution in [2.75, 3.05) is 31.5 Å². The molecule has 2 amide bonds. The average Bonchev–Trinajstić information content (AvgIpc) is 2.65. The number of rotatable bonds is 4. The average molecular weight is 399 g/mol. The van der Waals surface area contributed by atoms with Crippen LogP contribution >= 0.6 is 0 Å². The molecule has 0 bridgehead atoms. The van der Waals surface area contributed by atoms with Crippen molar-refractivity contribution in [1.82, 2.24) is 9.80 Å². The maximum Gasteiger partial charge on any atom is 0.410 e. The first-order valence-electron chi connectivity index (χ1n) is 9.85. The zero-order valence-corrected chi connectivity index (χ0v) is 17.9. The molecule has 0 aliphatic carbocycles. The number of amides is 2. The lowest BCUT2D eigenvalue weighted by atomic mass is 10.0. The van der Waals surface area contributed by atoms with Crippen LogP contribution in [0.5, 0.6) is 0 Å². The van der Waals surface area contributed by atoms with Crippen molar-refractivity contribution >= 4 is 17.7 Å². The molecule has 7 heteroatoms. The minimum atomic E-state index is -0.535. The highest BCUT2D eigenvalue weighted by molar-refractivity contribution is 6.06. The van der Waals surface area contributed by atoms with Crippen LogP contribution in [-0.2, 0) is 9.53 Å². The molecule has 1 aliphatic rings. The molecule has 0 spiro atoms. The van der Waals surface area contributed by atoms with Crippen molar-refractivity contribution in [2.24, 2.45) is 0 Å². The second-order valence-electron chi connectivity index (χ2n) is 8.35. The van der Waals surface area contributed by atoms with Crippen LogP contribution in [0.3, 0.4) is 0 Å². The molecule has 1 heterocycles. The molecule has 29 heavy (non-hydrogen) atoms. The summed E-state index contributed by atoms with van der Waals surface area (Å²) in [4.78, 5) is 28.3. The van der Waals surface area contributed by atoms with Gasteiger partial charge in [-0.3, -0.25) is 4.79 Å². The van der Waals surface area contributed by atoms with E-state index in [2.05, 4.69) is 19.2 Å². The lowest BCUT2D eigenvalue weighted by molar-refractivity contribution is -0.112. The molecule has 1 aliphatic heterocycles. The number of nitrogens with zero attached hydrogens (tertiary/aromatic N) is 3. The fraction of sp³-hybridized carbons (Fsp3) is 0.500. The highest BCUT2D eigenvalue weighted by atomic mass is 16.6. The summed E-state index contributed by atoms with van der Waals surface area (Å²) in [5.74, 6) is -0.183. The van der Waals surface area contributed by atoms with Gasteiger partial charge in [0.2, 0.25) is 0 Å². The predicted octanol–water partition coefficient (Wildman–Crippen LogP) is 3.71. The molecule has 0 radical (unpaired) electrons. The van der Waals surface area contributed by atoms with Crippen LogP contribution in [0.4, 0.5) is 10.5 Å². The first-order chi connectivity index (χ1) is 13.6. The Morgan fingerprint density at radius 1 is 1.17 bits per heavy atom. The van der Waals surface area contributed by atoms with Gasteiger partial charge in [0.15, 0.2) is 0 Å². The Morgan fingerprint density at radius 3 is 2.34 bits per heavy atom.